The number of primary amides is 1. The number of nitrogens with two attached hydrogens (primary N) is 1. The van der Waals surface area contributed by atoms with Gasteiger partial charge in [0.1, 0.15) is 0 Å². The molecule has 0 aliphatic rings. The van der Waals surface area contributed by atoms with Crippen molar-refractivity contribution < 1.29 is 43.2 Å². The normalized spacial score (nSPS) is 11.3. The van der Waals surface area contributed by atoms with Crippen molar-refractivity contribution in [2.24, 2.45) is 15.7 Å². The SMILES string of the molecule is C=C(C)c1ccc(C(C)(C)NC(=O)Nc2ccc(C)cc2)cc1.CC(=O)c1cccc(C(C)(C)NC(=O)Nc2ccc(C)c(Cl)c2)c1.CC(=O)c1cccc(C(C)(C)NC(=O)Nc2ccc(C)cc2)c1.CN=C(C)c1cccc(C(C)(C)NC(=O)Nc2ccc(C)c(C(N)=O)c2)c1.CN=C(C)c1cccc(C(C)(C)NC(=O)Nc2ccc3ccccc3c2)c1.Cc1ccc(NC(=O)NC(C)(C)c2ccc(-c3ccccc3)cc2)cc1. The fraction of sp³-hybridized carbons (Fsp3) is 0.240. The number of Topliss-reactive ketones (excluding diaryl/α,β-unsaturated/α-hetero) is 2. The van der Waals surface area contributed by atoms with Crippen LogP contribution in [0, 0.1) is 34.6 Å². The second-order valence-corrected chi connectivity index (χ2v) is 40.5. The van der Waals surface area contributed by atoms with Gasteiger partial charge >= 0.3 is 36.2 Å². The third-order valence-corrected chi connectivity index (χ3v) is 25.6. The molecule has 14 rings (SSSR count). The number of allylic oxidation sites excluding steroid dienone is 1. The number of aryl methyl sites for hydroxylation is 5. The van der Waals surface area contributed by atoms with Crippen molar-refractivity contribution in [2.45, 2.75) is 186 Å². The number of ketones is 2. The van der Waals surface area contributed by atoms with Crippen LogP contribution in [0.2, 0.25) is 5.02 Å². The lowest BCUT2D eigenvalue weighted by Gasteiger charge is -2.27. The largest absolute Gasteiger partial charge is 0.366 e. The van der Waals surface area contributed by atoms with E-state index in [-0.39, 0.29) is 47.8 Å². The van der Waals surface area contributed by atoms with E-state index in [1.54, 1.807) is 69.6 Å². The summed E-state index contributed by atoms with van der Waals surface area (Å²) in [6.45, 7) is 46.0. The molecule has 14 N–H and O–H groups in total. The van der Waals surface area contributed by atoms with Gasteiger partial charge in [-0.15, -0.1) is 0 Å². The van der Waals surface area contributed by atoms with Crippen LogP contribution in [0.5, 0.6) is 0 Å². The number of anilines is 6. The van der Waals surface area contributed by atoms with Crippen molar-refractivity contribution in [1.29, 1.82) is 0 Å². The van der Waals surface area contributed by atoms with Crippen LogP contribution in [0.1, 0.15) is 227 Å². The number of rotatable bonds is 25. The van der Waals surface area contributed by atoms with E-state index < -0.39 is 39.1 Å². The molecule has 0 bridgehead atoms. The number of nitrogens with one attached hydrogen (secondary N) is 12. The van der Waals surface area contributed by atoms with Crippen LogP contribution in [0.25, 0.3) is 27.5 Å². The van der Waals surface area contributed by atoms with Crippen LogP contribution >= 0.6 is 11.6 Å². The Bertz CT molecular complexity index is 7180. The number of carbonyl (C=O) groups is 9. The first-order chi connectivity index (χ1) is 70.7. The molecule has 0 heterocycles. The molecule has 13 amide bonds. The van der Waals surface area contributed by atoms with E-state index >= 15 is 0 Å². The van der Waals surface area contributed by atoms with Crippen LogP contribution in [0.4, 0.5) is 62.9 Å². The average Bonchev–Trinajstić information content (AvgIpc) is 0.836. The van der Waals surface area contributed by atoms with E-state index in [0.29, 0.717) is 33.1 Å². The van der Waals surface area contributed by atoms with Gasteiger partial charge in [-0.1, -0.05) is 271 Å². The zero-order chi connectivity index (χ0) is 110. The summed E-state index contributed by atoms with van der Waals surface area (Å²) in [6.07, 6.45) is 0. The lowest BCUT2D eigenvalue weighted by molar-refractivity contribution is 0.0994. The van der Waals surface area contributed by atoms with E-state index in [1.807, 2.05) is 362 Å². The molecule has 0 saturated carbocycles. The molecule has 0 radical (unpaired) electrons. The molecule has 0 aromatic heterocycles. The van der Waals surface area contributed by atoms with Gasteiger partial charge in [0.05, 0.1) is 33.2 Å². The van der Waals surface area contributed by atoms with Crippen LogP contribution < -0.4 is 69.5 Å². The molecular formula is C125H142ClN15O9. The van der Waals surface area contributed by atoms with Gasteiger partial charge in [-0.05, 0) is 332 Å². The van der Waals surface area contributed by atoms with E-state index in [1.165, 1.54) is 19.4 Å². The number of carbonyl (C=O) groups excluding carboxylic acids is 9. The minimum Gasteiger partial charge on any atom is -0.366 e. The van der Waals surface area contributed by atoms with Crippen molar-refractivity contribution in [1.82, 2.24) is 31.9 Å². The van der Waals surface area contributed by atoms with E-state index in [4.69, 9.17) is 17.3 Å². The van der Waals surface area contributed by atoms with Crippen LogP contribution in [0.15, 0.2) is 344 Å². The highest BCUT2D eigenvalue weighted by Gasteiger charge is 2.31. The number of halogens is 1. The fourth-order valence-corrected chi connectivity index (χ4v) is 15.8. The zero-order valence-corrected chi connectivity index (χ0v) is 91.2. The lowest BCUT2D eigenvalue weighted by atomic mass is 9.92. The number of nitrogens with zero attached hydrogens (tertiary/aromatic N) is 2. The van der Waals surface area contributed by atoms with Crippen molar-refractivity contribution in [3.63, 3.8) is 0 Å². The van der Waals surface area contributed by atoms with Gasteiger partial charge in [-0.25, -0.2) is 28.8 Å². The van der Waals surface area contributed by atoms with Crippen LogP contribution in [-0.4, -0.2) is 79.2 Å². The Hall–Kier alpha value is -16.9. The molecule has 14 aromatic rings. The van der Waals surface area contributed by atoms with Crippen molar-refractivity contribution in [3.8, 4) is 11.1 Å². The minimum atomic E-state index is -0.635. The Morgan fingerprint density at radius 2 is 0.547 bits per heavy atom. The van der Waals surface area contributed by atoms with Gasteiger partial charge in [0.2, 0.25) is 5.91 Å². The lowest BCUT2D eigenvalue weighted by Crippen LogP contribution is -2.43. The molecule has 14 aromatic carbocycles. The predicted molar refractivity (Wildman–Crippen MR) is 620 cm³/mol. The third kappa shape index (κ3) is 35.8. The number of benzene rings is 14. The van der Waals surface area contributed by atoms with Crippen LogP contribution in [0.3, 0.4) is 0 Å². The summed E-state index contributed by atoms with van der Waals surface area (Å²) in [4.78, 5) is 117. The van der Waals surface area contributed by atoms with E-state index in [9.17, 15) is 43.2 Å². The Morgan fingerprint density at radius 3 is 0.880 bits per heavy atom. The number of hydrogen-bond donors (Lipinski definition) is 13. The van der Waals surface area contributed by atoms with E-state index in [2.05, 4.69) is 129 Å². The Balaban J connectivity index is 0.000000200. The summed E-state index contributed by atoms with van der Waals surface area (Å²) in [5.41, 5.74) is 27.3. The number of urea groups is 6. The summed E-state index contributed by atoms with van der Waals surface area (Å²) >= 11 is 6.07. The Morgan fingerprint density at radius 1 is 0.267 bits per heavy atom. The molecule has 778 valence electrons. The third-order valence-electron chi connectivity index (χ3n) is 25.2. The number of aliphatic imine (C=N–C) groups is 2. The van der Waals surface area contributed by atoms with Gasteiger partial charge < -0.3 is 69.5 Å². The molecule has 0 unspecified atom stereocenters. The van der Waals surface area contributed by atoms with Crippen molar-refractivity contribution in [3.05, 3.63) is 434 Å². The number of hydrogen-bond acceptors (Lipinski definition) is 11. The first-order valence-corrected chi connectivity index (χ1v) is 49.7. The van der Waals surface area contributed by atoms with Gasteiger partial charge in [0.15, 0.2) is 11.6 Å². The molecule has 24 nitrogen and oxygen atoms in total. The zero-order valence-electron chi connectivity index (χ0n) is 90.4. The van der Waals surface area contributed by atoms with Gasteiger partial charge in [-0.3, -0.25) is 24.4 Å². The van der Waals surface area contributed by atoms with Crippen LogP contribution in [-0.2, 0) is 33.2 Å². The highest BCUT2D eigenvalue weighted by atomic mass is 35.5. The van der Waals surface area contributed by atoms with E-state index in [0.717, 1.165) is 134 Å². The molecule has 150 heavy (non-hydrogen) atoms. The maximum atomic E-state index is 12.6. The molecule has 0 spiro atoms. The second kappa shape index (κ2) is 53.0. The molecule has 25 heteroatoms. The second-order valence-electron chi connectivity index (χ2n) is 40.1. The van der Waals surface area contributed by atoms with Gasteiger partial charge in [0, 0.05) is 81.4 Å². The highest BCUT2D eigenvalue weighted by Crippen LogP contribution is 2.32. The first kappa shape index (κ1) is 117. The Labute approximate surface area is 888 Å². The number of amides is 13. The fourth-order valence-electron chi connectivity index (χ4n) is 15.6. The Kier molecular flexibility index (Phi) is 41.2. The number of fused-ring (bicyclic) bond motifs is 1. The monoisotopic (exact) mass is 2030 g/mol. The highest BCUT2D eigenvalue weighted by molar-refractivity contribution is 6.31. The smallest absolute Gasteiger partial charge is 0.319 e. The quantitative estimate of drug-likeness (QED) is 0.0191. The maximum Gasteiger partial charge on any atom is 0.319 e. The molecule has 0 aliphatic carbocycles. The standard InChI is InChI=1S/C23H25N3O.C23H24N2O.C21H26N4O2.C20H24N2O.C19H21ClN2O2.C19H22N2O2/c1-16(24-4)18-10-7-11-20(14-18)23(2,3)26-22(27)25-21-13-12-17-8-5-6-9-19(17)15-21;1-17-9-15-21(16-10-17)24-22(26)25-23(2,3)20-13-11-19(12-14-20)18-7-5-4-6-8-18;1-13-9-10-17(12-18(13)19(22)26)24-20(27)25-21(3,4)16-8-6-7-15(11-16)14(2)23-5;1-14(2)16-8-10-17(11-9-16)20(4,5)22-19(23)21-18-12-6-15(3)7-13-18;1-12-8-9-16(11-17(12)20)21-18(24)22-19(3,4)15-7-5-6-14(10-15)13(2)23;1-13-8-10-17(11-9-13)20-18(23)21-19(3,4)16-7-5-6-15(12-16)14(2)22/h5-15H,1-4H3,(H2,25,26,27);4-16H,1-3H3,(H2,24,25,26);6-12H,1-5H3,(H2,22,26)(H2,24,25,27);6-13H,1H2,2-5H3,(H2,21,22,23);5-11H,1-4H3,(H2,21,22,24);5-12H,1-4H3,(H2,20,21,23). The molecule has 0 aliphatic heterocycles. The summed E-state index contributed by atoms with van der Waals surface area (Å²) < 4.78 is 0. The van der Waals surface area contributed by atoms with Crippen molar-refractivity contribution in [2.75, 3.05) is 46.0 Å². The first-order valence-electron chi connectivity index (χ1n) is 49.4. The minimum absolute atomic E-state index is 0.00626. The predicted octanol–water partition coefficient (Wildman–Crippen LogP) is 28.9. The van der Waals surface area contributed by atoms with Gasteiger partial charge in [-0.2, -0.15) is 0 Å². The van der Waals surface area contributed by atoms with Gasteiger partial charge in [0.25, 0.3) is 0 Å². The van der Waals surface area contributed by atoms with Crippen molar-refractivity contribution >= 4 is 127 Å². The topological polar surface area (TPSA) is 349 Å². The average molecular weight is 2030 g/mol. The summed E-state index contributed by atoms with van der Waals surface area (Å²) in [5, 5.41) is 37.8. The summed E-state index contributed by atoms with van der Waals surface area (Å²) in [5.74, 6) is -0.528. The molecule has 0 atom stereocenters. The maximum absolute atomic E-state index is 12.6. The molecule has 0 fully saturated rings. The molecular weight excluding hydrogens is 1890 g/mol. The summed E-state index contributed by atoms with van der Waals surface area (Å²) in [7, 11) is 3.53. The summed E-state index contributed by atoms with van der Waals surface area (Å²) in [6, 6.07) is 103. The molecule has 0 saturated heterocycles.